The highest BCUT2D eigenvalue weighted by atomic mass is 14.1. The summed E-state index contributed by atoms with van der Waals surface area (Å²) in [6.45, 7) is 4.57. The Hall–Kier alpha value is -1.04. The number of hydrogen-bond donors (Lipinski definition) is 0. The Balaban J connectivity index is 2.18. The van der Waals surface area contributed by atoms with Crippen molar-refractivity contribution in [3.8, 4) is 0 Å². The second-order valence-corrected chi connectivity index (χ2v) is 5.27. The van der Waals surface area contributed by atoms with Crippen LogP contribution in [0.3, 0.4) is 0 Å². The third-order valence-corrected chi connectivity index (χ3v) is 3.23. The molecule has 0 saturated carbocycles. The molecule has 0 radical (unpaired) electrons. The predicted octanol–water partition coefficient (Wildman–Crippen LogP) is 4.84. The Morgan fingerprint density at radius 3 is 2.75 bits per heavy atom. The van der Waals surface area contributed by atoms with E-state index in [9.17, 15) is 0 Å². The third-order valence-electron chi connectivity index (χ3n) is 3.23. The summed E-state index contributed by atoms with van der Waals surface area (Å²) in [5.41, 5.74) is 4.51. The van der Waals surface area contributed by atoms with Crippen molar-refractivity contribution in [2.75, 3.05) is 0 Å². The molecule has 0 nitrogen and oxygen atoms in total. The molecule has 0 aliphatic heterocycles. The Kier molecular flexibility index (Phi) is 3.82. The highest BCUT2D eigenvalue weighted by Crippen LogP contribution is 2.27. The van der Waals surface area contributed by atoms with Gasteiger partial charge in [0.15, 0.2) is 0 Å². The number of rotatable bonds is 3. The molecule has 0 N–H and O–H groups in total. The average Bonchev–Trinajstić information content (AvgIpc) is 2.30. The average molecular weight is 214 g/mol. The number of allylic oxidation sites excluding steroid dienone is 2. The molecular formula is C16H22. The van der Waals surface area contributed by atoms with E-state index in [1.807, 2.05) is 0 Å². The minimum atomic E-state index is 0.746. The summed E-state index contributed by atoms with van der Waals surface area (Å²) in [5, 5.41) is 0. The first kappa shape index (κ1) is 11.4. The van der Waals surface area contributed by atoms with E-state index in [0.717, 1.165) is 5.92 Å². The molecule has 0 saturated heterocycles. The van der Waals surface area contributed by atoms with Crippen molar-refractivity contribution in [3.05, 3.63) is 41.5 Å². The highest BCUT2D eigenvalue weighted by Gasteiger charge is 2.07. The fourth-order valence-corrected chi connectivity index (χ4v) is 2.47. The Morgan fingerprint density at radius 2 is 2.06 bits per heavy atom. The zero-order valence-corrected chi connectivity index (χ0v) is 10.5. The van der Waals surface area contributed by atoms with Crippen LogP contribution in [0.4, 0.5) is 0 Å². The van der Waals surface area contributed by atoms with Crippen LogP contribution in [0.25, 0.3) is 5.57 Å². The van der Waals surface area contributed by atoms with Crippen LogP contribution in [0, 0.1) is 5.92 Å². The van der Waals surface area contributed by atoms with Crippen LogP contribution in [0.2, 0.25) is 0 Å². The second-order valence-electron chi connectivity index (χ2n) is 5.27. The van der Waals surface area contributed by atoms with E-state index in [0.29, 0.717) is 0 Å². The maximum atomic E-state index is 2.43. The van der Waals surface area contributed by atoms with Crippen molar-refractivity contribution in [3.63, 3.8) is 0 Å². The fourth-order valence-electron chi connectivity index (χ4n) is 2.47. The van der Waals surface area contributed by atoms with Crippen molar-refractivity contribution in [1.82, 2.24) is 0 Å². The highest BCUT2D eigenvalue weighted by molar-refractivity contribution is 5.66. The van der Waals surface area contributed by atoms with Crippen molar-refractivity contribution in [1.29, 1.82) is 0 Å². The van der Waals surface area contributed by atoms with Crippen LogP contribution in [-0.2, 0) is 6.42 Å². The summed E-state index contributed by atoms with van der Waals surface area (Å²) in [6, 6.07) is 9.12. The fraction of sp³-hybridized carbons (Fsp3) is 0.500. The Labute approximate surface area is 99.4 Å². The van der Waals surface area contributed by atoms with E-state index in [4.69, 9.17) is 0 Å². The molecule has 0 spiro atoms. The predicted molar refractivity (Wildman–Crippen MR) is 71.4 cm³/mol. The molecule has 0 heterocycles. The largest absolute Gasteiger partial charge is 0.0807 e. The summed E-state index contributed by atoms with van der Waals surface area (Å²) in [5.74, 6) is 0.746. The number of benzene rings is 1. The van der Waals surface area contributed by atoms with Crippen LogP contribution < -0.4 is 0 Å². The molecular weight excluding hydrogens is 192 g/mol. The molecule has 1 aromatic rings. The van der Waals surface area contributed by atoms with Gasteiger partial charge in [-0.25, -0.2) is 0 Å². The van der Waals surface area contributed by atoms with E-state index in [1.54, 1.807) is 5.57 Å². The first-order valence-electron chi connectivity index (χ1n) is 6.54. The molecule has 1 aliphatic rings. The SMILES string of the molecule is CC(C)Cc1cccc(C2=CCCCC2)c1. The van der Waals surface area contributed by atoms with Crippen LogP contribution in [0.1, 0.15) is 50.7 Å². The minimum Gasteiger partial charge on any atom is -0.0807 e. The normalized spacial score (nSPS) is 16.3. The summed E-state index contributed by atoms with van der Waals surface area (Å²) >= 11 is 0. The third kappa shape index (κ3) is 2.98. The van der Waals surface area contributed by atoms with E-state index in [1.165, 1.54) is 43.2 Å². The maximum absolute atomic E-state index is 2.43. The second kappa shape index (κ2) is 5.34. The van der Waals surface area contributed by atoms with E-state index in [2.05, 4.69) is 44.2 Å². The lowest BCUT2D eigenvalue weighted by Crippen LogP contribution is -1.96. The van der Waals surface area contributed by atoms with Gasteiger partial charge in [-0.1, -0.05) is 44.2 Å². The maximum Gasteiger partial charge on any atom is -0.0225 e. The lowest BCUT2D eigenvalue weighted by atomic mass is 9.91. The minimum absolute atomic E-state index is 0.746. The molecule has 0 atom stereocenters. The van der Waals surface area contributed by atoms with Crippen LogP contribution in [0.5, 0.6) is 0 Å². The molecule has 16 heavy (non-hydrogen) atoms. The van der Waals surface area contributed by atoms with E-state index >= 15 is 0 Å². The van der Waals surface area contributed by atoms with Crippen LogP contribution in [0.15, 0.2) is 30.3 Å². The first-order chi connectivity index (χ1) is 7.75. The van der Waals surface area contributed by atoms with Crippen molar-refractivity contribution < 1.29 is 0 Å². The van der Waals surface area contributed by atoms with Gasteiger partial charge in [0, 0.05) is 0 Å². The summed E-state index contributed by atoms with van der Waals surface area (Å²) in [4.78, 5) is 0. The van der Waals surface area contributed by atoms with Crippen molar-refractivity contribution >= 4 is 5.57 Å². The molecule has 86 valence electrons. The smallest absolute Gasteiger partial charge is 0.0225 e. The molecule has 1 aliphatic carbocycles. The van der Waals surface area contributed by atoms with Gasteiger partial charge in [-0.3, -0.25) is 0 Å². The molecule has 0 heteroatoms. The molecule has 0 bridgehead atoms. The van der Waals surface area contributed by atoms with Gasteiger partial charge >= 0.3 is 0 Å². The lowest BCUT2D eigenvalue weighted by Gasteiger charge is -2.14. The van der Waals surface area contributed by atoms with Gasteiger partial charge in [0.25, 0.3) is 0 Å². The van der Waals surface area contributed by atoms with Gasteiger partial charge in [0.05, 0.1) is 0 Å². The lowest BCUT2D eigenvalue weighted by molar-refractivity contribution is 0.647. The van der Waals surface area contributed by atoms with E-state index in [-0.39, 0.29) is 0 Å². The van der Waals surface area contributed by atoms with Crippen LogP contribution in [-0.4, -0.2) is 0 Å². The standard InChI is InChI=1S/C16H22/c1-13(2)11-14-7-6-10-16(12-14)15-8-4-3-5-9-15/h6-8,10,12-13H,3-5,9,11H2,1-2H3. The van der Waals surface area contributed by atoms with Gasteiger partial charge in [-0.2, -0.15) is 0 Å². The Bertz CT molecular complexity index is 371. The van der Waals surface area contributed by atoms with Gasteiger partial charge in [-0.05, 0) is 54.7 Å². The van der Waals surface area contributed by atoms with E-state index < -0.39 is 0 Å². The summed E-state index contributed by atoms with van der Waals surface area (Å²) in [6.07, 6.45) is 8.89. The monoisotopic (exact) mass is 214 g/mol. The molecule has 0 amide bonds. The molecule has 2 rings (SSSR count). The Morgan fingerprint density at radius 1 is 1.19 bits per heavy atom. The van der Waals surface area contributed by atoms with Gasteiger partial charge in [0.1, 0.15) is 0 Å². The number of hydrogen-bond acceptors (Lipinski definition) is 0. The molecule has 0 unspecified atom stereocenters. The molecule has 0 fully saturated rings. The van der Waals surface area contributed by atoms with Crippen LogP contribution >= 0.6 is 0 Å². The molecule has 0 aromatic heterocycles. The summed E-state index contributed by atoms with van der Waals surface area (Å²) < 4.78 is 0. The summed E-state index contributed by atoms with van der Waals surface area (Å²) in [7, 11) is 0. The van der Waals surface area contributed by atoms with Crippen molar-refractivity contribution in [2.45, 2.75) is 46.0 Å². The quantitative estimate of drug-likeness (QED) is 0.675. The topological polar surface area (TPSA) is 0 Å². The first-order valence-corrected chi connectivity index (χ1v) is 6.54. The van der Waals surface area contributed by atoms with Gasteiger partial charge in [-0.15, -0.1) is 0 Å². The zero-order chi connectivity index (χ0) is 11.4. The van der Waals surface area contributed by atoms with Gasteiger partial charge in [0.2, 0.25) is 0 Å². The zero-order valence-electron chi connectivity index (χ0n) is 10.5. The molecule has 1 aromatic carbocycles. The van der Waals surface area contributed by atoms with Gasteiger partial charge < -0.3 is 0 Å². The van der Waals surface area contributed by atoms with Crippen molar-refractivity contribution in [2.24, 2.45) is 5.92 Å².